The van der Waals surface area contributed by atoms with Gasteiger partial charge in [0.1, 0.15) is 16.3 Å². The molecule has 10 nitrogen and oxygen atoms in total. The first-order valence-electron chi connectivity index (χ1n) is 12.5. The maximum Gasteiger partial charge on any atom is 0.272 e. The first kappa shape index (κ1) is 27.6. The van der Waals surface area contributed by atoms with Crippen molar-refractivity contribution in [2.24, 2.45) is 5.92 Å². The third kappa shape index (κ3) is 6.17. The number of rotatable bonds is 6. The molecule has 1 saturated carbocycles. The number of aromatic nitrogens is 4. The van der Waals surface area contributed by atoms with Crippen LogP contribution in [0.5, 0.6) is 0 Å². The molecule has 5 heterocycles. The lowest BCUT2D eigenvalue weighted by Crippen LogP contribution is -2.47. The number of hydrogen-bond acceptors (Lipinski definition) is 8. The topological polar surface area (TPSA) is 117 Å². The summed E-state index contributed by atoms with van der Waals surface area (Å²) in [5.41, 5.74) is 1.22. The second kappa shape index (κ2) is 11.9. The Morgan fingerprint density at radius 2 is 1.76 bits per heavy atom. The van der Waals surface area contributed by atoms with E-state index < -0.39 is 0 Å². The number of halogens is 2. The highest BCUT2D eigenvalue weighted by Gasteiger charge is 2.32. The number of fused-ring (bicyclic) bond motifs is 1. The van der Waals surface area contributed by atoms with Crippen molar-refractivity contribution in [3.8, 4) is 11.4 Å². The molecule has 3 aromatic rings. The van der Waals surface area contributed by atoms with Crippen molar-refractivity contribution in [3.05, 3.63) is 29.5 Å². The number of anilines is 1. The summed E-state index contributed by atoms with van der Waals surface area (Å²) in [6.45, 7) is 3.14. The highest BCUT2D eigenvalue weighted by molar-refractivity contribution is 7.16. The largest absolute Gasteiger partial charge is 0.367 e. The number of carbonyl (C=O) groups is 2. The van der Waals surface area contributed by atoms with Crippen LogP contribution in [0.3, 0.4) is 0 Å². The van der Waals surface area contributed by atoms with Gasteiger partial charge in [-0.15, -0.1) is 36.2 Å². The average molecular weight is 568 g/mol. The van der Waals surface area contributed by atoms with Crippen LogP contribution in [0, 0.1) is 5.92 Å². The van der Waals surface area contributed by atoms with Crippen LogP contribution < -0.4 is 16.0 Å². The van der Waals surface area contributed by atoms with Crippen LogP contribution in [0.2, 0.25) is 0 Å². The molecule has 3 aliphatic rings. The molecule has 1 aliphatic carbocycles. The minimum atomic E-state index is -0.0939. The lowest BCUT2D eigenvalue weighted by molar-refractivity contribution is -0.123. The van der Waals surface area contributed by atoms with Gasteiger partial charge in [0, 0.05) is 48.7 Å². The summed E-state index contributed by atoms with van der Waals surface area (Å²) in [7, 11) is 0. The van der Waals surface area contributed by atoms with E-state index in [4.69, 9.17) is 9.97 Å². The second-order valence-corrected chi connectivity index (χ2v) is 10.6. The number of piperidine rings is 2. The van der Waals surface area contributed by atoms with Crippen molar-refractivity contribution in [1.29, 1.82) is 0 Å². The molecule has 37 heavy (non-hydrogen) atoms. The molecular formula is C24H32Cl2N8O2S. The van der Waals surface area contributed by atoms with E-state index in [-0.39, 0.29) is 48.6 Å². The number of hydrogen-bond donors (Lipinski definition) is 3. The van der Waals surface area contributed by atoms with E-state index in [1.807, 2.05) is 16.5 Å². The molecule has 2 aliphatic heterocycles. The van der Waals surface area contributed by atoms with Crippen LogP contribution in [0.25, 0.3) is 16.2 Å². The Morgan fingerprint density at radius 1 is 1.00 bits per heavy atom. The highest BCUT2D eigenvalue weighted by Crippen LogP contribution is 2.30. The Balaban J connectivity index is 0.00000160. The van der Waals surface area contributed by atoms with Crippen molar-refractivity contribution in [2.45, 2.75) is 50.6 Å². The number of nitrogens with one attached hydrogen (secondary N) is 3. The van der Waals surface area contributed by atoms with E-state index in [9.17, 15) is 9.59 Å². The zero-order valence-corrected chi connectivity index (χ0v) is 22.8. The minimum Gasteiger partial charge on any atom is -0.367 e. The number of amides is 2. The summed E-state index contributed by atoms with van der Waals surface area (Å²) < 4.78 is 1.80. The van der Waals surface area contributed by atoms with Gasteiger partial charge in [0.2, 0.25) is 5.91 Å². The molecule has 3 fully saturated rings. The highest BCUT2D eigenvalue weighted by atomic mass is 35.5. The van der Waals surface area contributed by atoms with Crippen LogP contribution in [0.1, 0.15) is 49.0 Å². The van der Waals surface area contributed by atoms with Gasteiger partial charge in [-0.25, -0.2) is 14.5 Å². The van der Waals surface area contributed by atoms with Gasteiger partial charge in [0.05, 0.1) is 11.8 Å². The van der Waals surface area contributed by atoms with E-state index in [0.29, 0.717) is 36.5 Å². The fraction of sp³-hybridized carbons (Fsp3) is 0.542. The first-order chi connectivity index (χ1) is 17.1. The molecule has 3 aromatic heterocycles. The van der Waals surface area contributed by atoms with Gasteiger partial charge >= 0.3 is 0 Å². The van der Waals surface area contributed by atoms with E-state index in [0.717, 1.165) is 62.0 Å². The number of likely N-dealkylation sites (tertiary alicyclic amines) is 1. The average Bonchev–Trinajstić information content (AvgIpc) is 3.50. The summed E-state index contributed by atoms with van der Waals surface area (Å²) in [6, 6.07) is 2.23. The van der Waals surface area contributed by atoms with Gasteiger partial charge in [0.15, 0.2) is 5.82 Å². The standard InChI is InChI=1S/C24H30N8O2S.2ClH/c33-22(15-1-2-15)28-17-5-9-31(10-6-17)23(34)19-13-20(27-16-3-7-25-8-4-16)30-21(29-19)18-14-26-32-11-12-35-24(18)32;;/h11-17,25H,1-10H2,(H,28,33)(H,27,29,30);2*1H. The van der Waals surface area contributed by atoms with Gasteiger partial charge in [-0.1, -0.05) is 0 Å². The molecule has 0 aromatic carbocycles. The smallest absolute Gasteiger partial charge is 0.272 e. The molecule has 0 unspecified atom stereocenters. The molecular weight excluding hydrogens is 535 g/mol. The lowest BCUT2D eigenvalue weighted by Gasteiger charge is -2.32. The summed E-state index contributed by atoms with van der Waals surface area (Å²) in [6.07, 6.45) is 9.21. The number of thiazole rings is 1. The predicted molar refractivity (Wildman–Crippen MR) is 148 cm³/mol. The maximum atomic E-state index is 13.5. The molecule has 0 spiro atoms. The van der Waals surface area contributed by atoms with Gasteiger partial charge < -0.3 is 20.9 Å². The molecule has 0 atom stereocenters. The molecule has 0 radical (unpaired) electrons. The molecule has 200 valence electrons. The fourth-order valence-corrected chi connectivity index (χ4v) is 5.65. The van der Waals surface area contributed by atoms with Crippen molar-refractivity contribution in [3.63, 3.8) is 0 Å². The van der Waals surface area contributed by atoms with Crippen LogP contribution in [0.15, 0.2) is 23.8 Å². The summed E-state index contributed by atoms with van der Waals surface area (Å²) in [4.78, 5) is 37.9. The molecule has 2 amide bonds. The number of nitrogens with zero attached hydrogens (tertiary/aromatic N) is 5. The van der Waals surface area contributed by atoms with Gasteiger partial charge in [-0.05, 0) is 51.6 Å². The normalized spacial score (nSPS) is 18.6. The SMILES string of the molecule is Cl.Cl.O=C(NC1CCN(C(=O)c2cc(NC3CCNCC3)nc(-c3cnn4ccsc34)n2)CC1)C1CC1. The third-order valence-corrected chi connectivity index (χ3v) is 7.97. The quantitative estimate of drug-likeness (QED) is 0.420. The minimum absolute atomic E-state index is 0. The Morgan fingerprint density at radius 3 is 2.49 bits per heavy atom. The van der Waals surface area contributed by atoms with E-state index in [1.165, 1.54) is 0 Å². The van der Waals surface area contributed by atoms with Gasteiger partial charge in [-0.3, -0.25) is 9.59 Å². The Hall–Kier alpha value is -2.47. The van der Waals surface area contributed by atoms with Crippen molar-refractivity contribution in [1.82, 2.24) is 35.1 Å². The first-order valence-corrected chi connectivity index (χ1v) is 13.4. The van der Waals surface area contributed by atoms with Crippen LogP contribution in [-0.4, -0.2) is 74.6 Å². The summed E-state index contributed by atoms with van der Waals surface area (Å²) >= 11 is 1.57. The van der Waals surface area contributed by atoms with E-state index in [1.54, 1.807) is 28.1 Å². The Labute approximate surface area is 231 Å². The van der Waals surface area contributed by atoms with Crippen molar-refractivity contribution < 1.29 is 9.59 Å². The van der Waals surface area contributed by atoms with Crippen molar-refractivity contribution >= 4 is 58.6 Å². The molecule has 2 saturated heterocycles. The maximum absolute atomic E-state index is 13.5. The third-order valence-electron chi connectivity index (χ3n) is 7.09. The lowest BCUT2D eigenvalue weighted by atomic mass is 10.0. The zero-order chi connectivity index (χ0) is 23.8. The number of carbonyl (C=O) groups excluding carboxylic acids is 2. The summed E-state index contributed by atoms with van der Waals surface area (Å²) in [5, 5.41) is 16.4. The zero-order valence-electron chi connectivity index (χ0n) is 20.4. The molecule has 3 N–H and O–H groups in total. The summed E-state index contributed by atoms with van der Waals surface area (Å²) in [5.74, 6) is 1.47. The van der Waals surface area contributed by atoms with E-state index in [2.05, 4.69) is 21.0 Å². The van der Waals surface area contributed by atoms with Crippen molar-refractivity contribution in [2.75, 3.05) is 31.5 Å². The second-order valence-electron chi connectivity index (χ2n) is 9.69. The molecule has 6 rings (SSSR count). The Bertz CT molecular complexity index is 1230. The van der Waals surface area contributed by atoms with Crippen LogP contribution >= 0.6 is 36.2 Å². The predicted octanol–water partition coefficient (Wildman–Crippen LogP) is 2.99. The van der Waals surface area contributed by atoms with Gasteiger partial charge in [-0.2, -0.15) is 5.10 Å². The monoisotopic (exact) mass is 566 g/mol. The van der Waals surface area contributed by atoms with Crippen LogP contribution in [0.4, 0.5) is 5.82 Å². The molecule has 0 bridgehead atoms. The van der Waals surface area contributed by atoms with Gasteiger partial charge in [0.25, 0.3) is 5.91 Å². The van der Waals surface area contributed by atoms with Crippen LogP contribution in [-0.2, 0) is 4.79 Å². The van der Waals surface area contributed by atoms with E-state index >= 15 is 0 Å². The Kier molecular flexibility index (Phi) is 8.89. The fourth-order valence-electron chi connectivity index (χ4n) is 4.86. The molecule has 13 heteroatoms.